The van der Waals surface area contributed by atoms with Gasteiger partial charge in [0.05, 0.1) is 11.7 Å². The minimum absolute atomic E-state index is 0.00477. The van der Waals surface area contributed by atoms with Gasteiger partial charge in [0.1, 0.15) is 0 Å². The van der Waals surface area contributed by atoms with Crippen LogP contribution < -0.4 is 11.1 Å². The Morgan fingerprint density at radius 2 is 2.16 bits per heavy atom. The van der Waals surface area contributed by atoms with Crippen LogP contribution in [0.3, 0.4) is 0 Å². The molecule has 2 rings (SSSR count). The Kier molecular flexibility index (Phi) is 4.47. The molecule has 1 unspecified atom stereocenters. The second kappa shape index (κ2) is 6.29. The van der Waals surface area contributed by atoms with Gasteiger partial charge < -0.3 is 11.1 Å². The van der Waals surface area contributed by atoms with Crippen molar-refractivity contribution < 1.29 is 0 Å². The van der Waals surface area contributed by atoms with Gasteiger partial charge in [0.2, 0.25) is 0 Å². The van der Waals surface area contributed by atoms with E-state index in [2.05, 4.69) is 35.2 Å². The highest BCUT2D eigenvalue weighted by Crippen LogP contribution is 2.26. The zero-order valence-electron chi connectivity index (χ0n) is 11.4. The van der Waals surface area contributed by atoms with Gasteiger partial charge in [-0.2, -0.15) is 0 Å². The predicted molar refractivity (Wildman–Crippen MR) is 77.8 cm³/mol. The van der Waals surface area contributed by atoms with Crippen molar-refractivity contribution in [1.29, 1.82) is 0 Å². The molecule has 1 atom stereocenters. The lowest BCUT2D eigenvalue weighted by molar-refractivity contribution is 0.583. The molecule has 0 aliphatic carbocycles. The number of hydrogen-bond acceptors (Lipinski definition) is 4. The number of aromatic nitrogens is 2. The molecule has 0 spiro atoms. The summed E-state index contributed by atoms with van der Waals surface area (Å²) >= 11 is 0. The van der Waals surface area contributed by atoms with Crippen LogP contribution in [0.5, 0.6) is 0 Å². The molecule has 2 aromatic rings. The molecule has 100 valence electrons. The molecular formula is C15H20N4. The highest BCUT2D eigenvalue weighted by molar-refractivity contribution is 5.49. The van der Waals surface area contributed by atoms with Gasteiger partial charge >= 0.3 is 0 Å². The number of nitrogens with zero attached hydrogens (tertiary/aromatic N) is 2. The molecule has 19 heavy (non-hydrogen) atoms. The average molecular weight is 256 g/mol. The molecule has 2 aromatic heterocycles. The van der Waals surface area contributed by atoms with E-state index in [4.69, 9.17) is 5.73 Å². The molecule has 0 aliphatic heterocycles. The molecule has 0 bridgehead atoms. The summed E-state index contributed by atoms with van der Waals surface area (Å²) in [5.41, 5.74) is 9.96. The minimum atomic E-state index is -0.00477. The smallest absolute Gasteiger partial charge is 0.0789 e. The van der Waals surface area contributed by atoms with Crippen molar-refractivity contribution in [3.05, 3.63) is 53.6 Å². The van der Waals surface area contributed by atoms with Crippen LogP contribution in [0.25, 0.3) is 0 Å². The van der Waals surface area contributed by atoms with Crippen LogP contribution in [0.4, 0.5) is 5.69 Å². The van der Waals surface area contributed by atoms with Gasteiger partial charge in [0, 0.05) is 29.8 Å². The fraction of sp³-hybridized carbons (Fsp3) is 0.333. The van der Waals surface area contributed by atoms with E-state index in [0.717, 1.165) is 35.5 Å². The minimum Gasteiger partial charge on any atom is -0.398 e. The Balaban J connectivity index is 2.42. The molecule has 4 nitrogen and oxygen atoms in total. The fourth-order valence-corrected chi connectivity index (χ4v) is 2.10. The Morgan fingerprint density at radius 3 is 2.84 bits per heavy atom. The summed E-state index contributed by atoms with van der Waals surface area (Å²) in [5.74, 6) is 0. The second-order valence-electron chi connectivity index (χ2n) is 4.60. The summed E-state index contributed by atoms with van der Waals surface area (Å²) in [5, 5.41) is 3.50. The molecule has 0 aliphatic rings. The SMILES string of the molecule is CCCNC(c1cnccc1N)c1ncccc1C. The second-order valence-corrected chi connectivity index (χ2v) is 4.60. The maximum Gasteiger partial charge on any atom is 0.0789 e. The predicted octanol–water partition coefficient (Wildman–Crippen LogP) is 2.46. The number of nitrogens with two attached hydrogens (primary N) is 1. The van der Waals surface area contributed by atoms with Crippen LogP contribution >= 0.6 is 0 Å². The molecular weight excluding hydrogens is 236 g/mol. The van der Waals surface area contributed by atoms with E-state index in [0.29, 0.717) is 0 Å². The molecule has 0 saturated heterocycles. The molecule has 2 heterocycles. The van der Waals surface area contributed by atoms with E-state index in [1.165, 1.54) is 0 Å². The van der Waals surface area contributed by atoms with E-state index < -0.39 is 0 Å². The number of pyridine rings is 2. The zero-order chi connectivity index (χ0) is 13.7. The van der Waals surface area contributed by atoms with E-state index in [1.54, 1.807) is 6.20 Å². The molecule has 0 radical (unpaired) electrons. The van der Waals surface area contributed by atoms with Gasteiger partial charge in [-0.25, -0.2) is 0 Å². The normalized spacial score (nSPS) is 12.3. The molecule has 0 amide bonds. The van der Waals surface area contributed by atoms with Crippen molar-refractivity contribution in [1.82, 2.24) is 15.3 Å². The molecule has 4 heteroatoms. The Labute approximate surface area is 114 Å². The standard InChI is InChI=1S/C15H20N4/c1-3-7-18-15(12-10-17-9-6-13(12)16)14-11(2)5-4-8-19-14/h4-6,8-10,15,18H,3,7H2,1-2H3,(H2,16,17). The quantitative estimate of drug-likeness (QED) is 0.862. The first-order valence-electron chi connectivity index (χ1n) is 6.58. The van der Waals surface area contributed by atoms with Crippen molar-refractivity contribution in [2.75, 3.05) is 12.3 Å². The summed E-state index contributed by atoms with van der Waals surface area (Å²) in [6.45, 7) is 5.12. The Bertz CT molecular complexity index is 494. The van der Waals surface area contributed by atoms with Crippen LogP contribution in [0.2, 0.25) is 0 Å². The number of nitrogens with one attached hydrogen (secondary N) is 1. The van der Waals surface area contributed by atoms with Crippen molar-refractivity contribution in [2.24, 2.45) is 0 Å². The highest BCUT2D eigenvalue weighted by atomic mass is 14.9. The monoisotopic (exact) mass is 256 g/mol. The van der Waals surface area contributed by atoms with Crippen LogP contribution in [-0.4, -0.2) is 16.5 Å². The van der Waals surface area contributed by atoms with Crippen LogP contribution in [0, 0.1) is 6.92 Å². The first kappa shape index (κ1) is 13.5. The van der Waals surface area contributed by atoms with Crippen molar-refractivity contribution in [2.45, 2.75) is 26.3 Å². The average Bonchev–Trinajstić information content (AvgIpc) is 2.42. The first-order chi connectivity index (χ1) is 9.24. The highest BCUT2D eigenvalue weighted by Gasteiger charge is 2.19. The fourth-order valence-electron chi connectivity index (χ4n) is 2.10. The first-order valence-corrected chi connectivity index (χ1v) is 6.58. The largest absolute Gasteiger partial charge is 0.398 e. The van der Waals surface area contributed by atoms with Crippen molar-refractivity contribution >= 4 is 5.69 Å². The summed E-state index contributed by atoms with van der Waals surface area (Å²) in [6, 6.07) is 5.83. The Morgan fingerprint density at radius 1 is 1.32 bits per heavy atom. The lowest BCUT2D eigenvalue weighted by Gasteiger charge is -2.21. The van der Waals surface area contributed by atoms with E-state index in [-0.39, 0.29) is 6.04 Å². The van der Waals surface area contributed by atoms with Crippen LogP contribution in [0.15, 0.2) is 36.8 Å². The summed E-state index contributed by atoms with van der Waals surface area (Å²) in [6.07, 6.45) is 6.40. The lowest BCUT2D eigenvalue weighted by Crippen LogP contribution is -2.25. The number of anilines is 1. The summed E-state index contributed by atoms with van der Waals surface area (Å²) < 4.78 is 0. The van der Waals surface area contributed by atoms with Crippen LogP contribution in [-0.2, 0) is 0 Å². The van der Waals surface area contributed by atoms with Crippen molar-refractivity contribution in [3.8, 4) is 0 Å². The molecule has 3 N–H and O–H groups in total. The van der Waals surface area contributed by atoms with Gasteiger partial charge in [-0.3, -0.25) is 9.97 Å². The van der Waals surface area contributed by atoms with Gasteiger partial charge in [-0.1, -0.05) is 13.0 Å². The number of rotatable bonds is 5. The van der Waals surface area contributed by atoms with Gasteiger partial charge in [0.25, 0.3) is 0 Å². The zero-order valence-corrected chi connectivity index (χ0v) is 11.4. The van der Waals surface area contributed by atoms with Gasteiger partial charge in [-0.15, -0.1) is 0 Å². The third-order valence-electron chi connectivity index (χ3n) is 3.12. The van der Waals surface area contributed by atoms with Gasteiger partial charge in [-0.05, 0) is 37.6 Å². The third-order valence-corrected chi connectivity index (χ3v) is 3.12. The van der Waals surface area contributed by atoms with Gasteiger partial charge in [0.15, 0.2) is 0 Å². The summed E-state index contributed by atoms with van der Waals surface area (Å²) in [7, 11) is 0. The number of hydrogen-bond donors (Lipinski definition) is 2. The number of nitrogen functional groups attached to an aromatic ring is 1. The lowest BCUT2D eigenvalue weighted by atomic mass is 10.00. The molecule has 0 saturated carbocycles. The topological polar surface area (TPSA) is 63.8 Å². The van der Waals surface area contributed by atoms with E-state index in [9.17, 15) is 0 Å². The number of aryl methyl sites for hydroxylation is 1. The summed E-state index contributed by atoms with van der Waals surface area (Å²) in [4.78, 5) is 8.69. The maximum atomic E-state index is 6.07. The maximum absolute atomic E-state index is 6.07. The third kappa shape index (κ3) is 3.09. The Hall–Kier alpha value is -1.94. The van der Waals surface area contributed by atoms with Crippen LogP contribution in [0.1, 0.15) is 36.2 Å². The van der Waals surface area contributed by atoms with E-state index in [1.807, 2.05) is 24.5 Å². The molecule has 0 fully saturated rings. The van der Waals surface area contributed by atoms with E-state index >= 15 is 0 Å². The van der Waals surface area contributed by atoms with Crippen molar-refractivity contribution in [3.63, 3.8) is 0 Å². The molecule has 0 aromatic carbocycles.